The molecule has 3 aromatic rings. The van der Waals surface area contributed by atoms with Crippen LogP contribution in [0.3, 0.4) is 0 Å². The summed E-state index contributed by atoms with van der Waals surface area (Å²) >= 11 is 1.35. The lowest BCUT2D eigenvalue weighted by molar-refractivity contribution is 0.0955. The van der Waals surface area contributed by atoms with Crippen molar-refractivity contribution < 1.29 is 4.79 Å². The Labute approximate surface area is 131 Å². The molecule has 0 aromatic carbocycles. The first kappa shape index (κ1) is 14.4. The largest absolute Gasteiger partial charge is 0.349 e. The number of hydrogen-bond acceptors (Lipinski definition) is 5. The van der Waals surface area contributed by atoms with Crippen molar-refractivity contribution in [2.24, 2.45) is 0 Å². The minimum absolute atomic E-state index is 0.0838. The number of pyridine rings is 1. The molecule has 3 heterocycles. The van der Waals surface area contributed by atoms with E-state index in [1.165, 1.54) is 11.3 Å². The van der Waals surface area contributed by atoms with Crippen molar-refractivity contribution >= 4 is 17.2 Å². The molecule has 0 atom stereocenters. The van der Waals surface area contributed by atoms with Crippen LogP contribution in [0.1, 0.15) is 15.4 Å². The standard InChI is InChI=1S/C15H15N5OS/c1-11-13(22-10-19-11)15(21)18-7-9-20-8-6-17-14(20)12-4-2-3-5-16-12/h2-6,8,10H,7,9H2,1H3,(H,18,21). The number of aryl methyl sites for hydroxylation is 1. The molecule has 0 aliphatic rings. The molecule has 3 rings (SSSR count). The number of amides is 1. The number of thiazole rings is 1. The van der Waals surface area contributed by atoms with E-state index in [-0.39, 0.29) is 5.91 Å². The van der Waals surface area contributed by atoms with Crippen molar-refractivity contribution in [3.05, 3.63) is 52.9 Å². The van der Waals surface area contributed by atoms with Crippen LogP contribution in [0.15, 0.2) is 42.3 Å². The van der Waals surface area contributed by atoms with Gasteiger partial charge in [-0.25, -0.2) is 9.97 Å². The third-order valence-electron chi connectivity index (χ3n) is 3.20. The highest BCUT2D eigenvalue weighted by Crippen LogP contribution is 2.14. The van der Waals surface area contributed by atoms with Crippen LogP contribution in [0.2, 0.25) is 0 Å². The van der Waals surface area contributed by atoms with Crippen molar-refractivity contribution in [3.8, 4) is 11.5 Å². The summed E-state index contributed by atoms with van der Waals surface area (Å²) in [5.41, 5.74) is 3.26. The lowest BCUT2D eigenvalue weighted by Crippen LogP contribution is -2.27. The van der Waals surface area contributed by atoms with Gasteiger partial charge in [-0.05, 0) is 19.1 Å². The Kier molecular flexibility index (Phi) is 4.24. The third-order valence-corrected chi connectivity index (χ3v) is 4.13. The van der Waals surface area contributed by atoms with Crippen LogP contribution < -0.4 is 5.32 Å². The normalized spacial score (nSPS) is 10.6. The predicted molar refractivity (Wildman–Crippen MR) is 84.6 cm³/mol. The predicted octanol–water partition coefficient (Wildman–Crippen LogP) is 2.14. The highest BCUT2D eigenvalue weighted by molar-refractivity contribution is 7.11. The van der Waals surface area contributed by atoms with Crippen molar-refractivity contribution in [1.29, 1.82) is 0 Å². The molecule has 0 fully saturated rings. The fourth-order valence-electron chi connectivity index (χ4n) is 2.11. The maximum Gasteiger partial charge on any atom is 0.263 e. The Hall–Kier alpha value is -2.54. The summed E-state index contributed by atoms with van der Waals surface area (Å²) in [6.45, 7) is 2.99. The first-order valence-corrected chi connectivity index (χ1v) is 7.74. The van der Waals surface area contributed by atoms with Gasteiger partial charge in [-0.3, -0.25) is 9.78 Å². The zero-order chi connectivity index (χ0) is 15.4. The Morgan fingerprint density at radius 2 is 2.18 bits per heavy atom. The molecule has 0 bridgehead atoms. The van der Waals surface area contributed by atoms with Crippen molar-refractivity contribution in [1.82, 2.24) is 24.8 Å². The Balaban J connectivity index is 1.63. The van der Waals surface area contributed by atoms with E-state index in [2.05, 4.69) is 20.3 Å². The van der Waals surface area contributed by atoms with Crippen LogP contribution in [0, 0.1) is 6.92 Å². The molecule has 7 heteroatoms. The number of carbonyl (C=O) groups is 1. The number of nitrogens with zero attached hydrogens (tertiary/aromatic N) is 4. The van der Waals surface area contributed by atoms with E-state index < -0.39 is 0 Å². The second-order valence-electron chi connectivity index (χ2n) is 4.68. The number of rotatable bonds is 5. The van der Waals surface area contributed by atoms with E-state index in [0.717, 1.165) is 17.2 Å². The lowest BCUT2D eigenvalue weighted by Gasteiger charge is -2.08. The smallest absolute Gasteiger partial charge is 0.263 e. The summed E-state index contributed by atoms with van der Waals surface area (Å²) in [7, 11) is 0. The third kappa shape index (κ3) is 3.04. The number of aromatic nitrogens is 4. The van der Waals surface area contributed by atoms with Gasteiger partial charge in [0.2, 0.25) is 0 Å². The SMILES string of the molecule is Cc1ncsc1C(=O)NCCn1ccnc1-c1ccccn1. The van der Waals surface area contributed by atoms with Crippen LogP contribution in [0.25, 0.3) is 11.5 Å². The van der Waals surface area contributed by atoms with Crippen LogP contribution >= 0.6 is 11.3 Å². The van der Waals surface area contributed by atoms with Crippen molar-refractivity contribution in [3.63, 3.8) is 0 Å². The summed E-state index contributed by atoms with van der Waals surface area (Å²) in [6, 6.07) is 5.71. The van der Waals surface area contributed by atoms with E-state index >= 15 is 0 Å². The van der Waals surface area contributed by atoms with Crippen molar-refractivity contribution in [2.75, 3.05) is 6.54 Å². The number of imidazole rings is 1. The first-order chi connectivity index (χ1) is 10.8. The highest BCUT2D eigenvalue weighted by Gasteiger charge is 2.11. The minimum Gasteiger partial charge on any atom is -0.349 e. The molecular weight excluding hydrogens is 298 g/mol. The molecule has 112 valence electrons. The van der Waals surface area contributed by atoms with Crippen molar-refractivity contribution in [2.45, 2.75) is 13.5 Å². The molecule has 22 heavy (non-hydrogen) atoms. The Bertz CT molecular complexity index is 765. The number of hydrogen-bond donors (Lipinski definition) is 1. The molecule has 0 saturated carbocycles. The van der Waals surface area contributed by atoms with Gasteiger partial charge in [-0.2, -0.15) is 0 Å². The number of nitrogens with one attached hydrogen (secondary N) is 1. The van der Waals surface area contributed by atoms with E-state index in [4.69, 9.17) is 0 Å². The molecule has 1 amide bonds. The molecule has 0 unspecified atom stereocenters. The summed E-state index contributed by atoms with van der Waals surface area (Å²) in [6.07, 6.45) is 5.36. The average Bonchev–Trinajstić information content (AvgIpc) is 3.17. The van der Waals surface area contributed by atoms with Crippen LogP contribution in [0.4, 0.5) is 0 Å². The molecule has 0 spiro atoms. The highest BCUT2D eigenvalue weighted by atomic mass is 32.1. The lowest BCUT2D eigenvalue weighted by atomic mass is 10.3. The molecular formula is C15H15N5OS. The van der Waals surface area contributed by atoms with Gasteiger partial charge < -0.3 is 9.88 Å². The fourth-order valence-corrected chi connectivity index (χ4v) is 2.83. The monoisotopic (exact) mass is 313 g/mol. The van der Waals surface area contributed by atoms with Gasteiger partial charge in [0.15, 0.2) is 5.82 Å². The molecule has 0 radical (unpaired) electrons. The summed E-state index contributed by atoms with van der Waals surface area (Å²) in [4.78, 5) is 25.4. The maximum absolute atomic E-state index is 12.0. The van der Waals surface area contributed by atoms with Crippen LogP contribution in [-0.2, 0) is 6.54 Å². The quantitative estimate of drug-likeness (QED) is 0.783. The molecule has 1 N–H and O–H groups in total. The van der Waals surface area contributed by atoms with E-state index in [0.29, 0.717) is 18.0 Å². The second-order valence-corrected chi connectivity index (χ2v) is 5.54. The molecule has 0 aliphatic carbocycles. The van der Waals surface area contributed by atoms with Gasteiger partial charge in [0.05, 0.1) is 11.2 Å². The number of carbonyl (C=O) groups excluding carboxylic acids is 1. The first-order valence-electron chi connectivity index (χ1n) is 6.86. The zero-order valence-electron chi connectivity index (χ0n) is 12.1. The summed E-state index contributed by atoms with van der Waals surface area (Å²) in [5.74, 6) is 0.711. The summed E-state index contributed by atoms with van der Waals surface area (Å²) in [5, 5.41) is 2.91. The van der Waals surface area contributed by atoms with Gasteiger partial charge in [0.1, 0.15) is 10.6 Å². The zero-order valence-corrected chi connectivity index (χ0v) is 12.9. The molecule has 6 nitrogen and oxygen atoms in total. The fraction of sp³-hybridized carbons (Fsp3) is 0.200. The van der Waals surface area contributed by atoms with E-state index in [9.17, 15) is 4.79 Å². The molecule has 3 aromatic heterocycles. The van der Waals surface area contributed by atoms with Gasteiger partial charge in [0.25, 0.3) is 5.91 Å². The molecule has 0 saturated heterocycles. The van der Waals surface area contributed by atoms with Gasteiger partial charge >= 0.3 is 0 Å². The average molecular weight is 313 g/mol. The van der Waals surface area contributed by atoms with Gasteiger partial charge in [-0.1, -0.05) is 6.07 Å². The van der Waals surface area contributed by atoms with E-state index in [1.807, 2.05) is 35.9 Å². The second kappa shape index (κ2) is 6.48. The van der Waals surface area contributed by atoms with Gasteiger partial charge in [-0.15, -0.1) is 11.3 Å². The van der Waals surface area contributed by atoms with Crippen LogP contribution in [0.5, 0.6) is 0 Å². The van der Waals surface area contributed by atoms with Gasteiger partial charge in [0, 0.05) is 31.7 Å². The Morgan fingerprint density at radius 1 is 1.27 bits per heavy atom. The minimum atomic E-state index is -0.0838. The Morgan fingerprint density at radius 3 is 2.91 bits per heavy atom. The topological polar surface area (TPSA) is 72.7 Å². The van der Waals surface area contributed by atoms with Crippen LogP contribution in [-0.4, -0.2) is 32.0 Å². The maximum atomic E-state index is 12.0. The van der Waals surface area contributed by atoms with E-state index in [1.54, 1.807) is 17.9 Å². The summed E-state index contributed by atoms with van der Waals surface area (Å²) < 4.78 is 1.97. The molecule has 0 aliphatic heterocycles.